The van der Waals surface area contributed by atoms with Crippen molar-refractivity contribution in [3.8, 4) is 0 Å². The molecule has 1 aliphatic rings. The molecule has 0 aliphatic carbocycles. The van der Waals surface area contributed by atoms with Gasteiger partial charge in [0.2, 0.25) is 0 Å². The first-order valence-electron chi connectivity index (χ1n) is 3.06. The molecule has 1 heterocycles. The molecule has 2 heteroatoms. The van der Waals surface area contributed by atoms with Crippen molar-refractivity contribution in [2.75, 3.05) is 5.88 Å². The van der Waals surface area contributed by atoms with Gasteiger partial charge in [-0.1, -0.05) is 0 Å². The molecule has 0 N–H and O–H groups in total. The minimum atomic E-state index is 0.512. The number of halogens is 1. The van der Waals surface area contributed by atoms with Gasteiger partial charge in [-0.3, -0.25) is 0 Å². The summed E-state index contributed by atoms with van der Waals surface area (Å²) in [6.07, 6.45) is 3.29. The van der Waals surface area contributed by atoms with E-state index in [1.165, 1.54) is 0 Å². The van der Waals surface area contributed by atoms with E-state index >= 15 is 0 Å². The summed E-state index contributed by atoms with van der Waals surface area (Å²) < 4.78 is 5.16. The van der Waals surface area contributed by atoms with Crippen molar-refractivity contribution in [3.63, 3.8) is 0 Å². The third kappa shape index (κ3) is 1.64. The summed E-state index contributed by atoms with van der Waals surface area (Å²) in [6.45, 7) is 2.10. The fourth-order valence-corrected chi connectivity index (χ4v) is 0.966. The highest BCUT2D eigenvalue weighted by molar-refractivity contribution is 6.17. The summed E-state index contributed by atoms with van der Waals surface area (Å²) in [5.41, 5.74) is 0. The standard InChI is InChI=1S/C6H11ClO/c1-5-6(8-5)3-2-4-7/h5-6H,2-4H2,1H3. The quantitative estimate of drug-likeness (QED) is 0.424. The Morgan fingerprint density at radius 1 is 1.62 bits per heavy atom. The van der Waals surface area contributed by atoms with Crippen LogP contribution in [0.25, 0.3) is 0 Å². The first-order valence-corrected chi connectivity index (χ1v) is 3.59. The van der Waals surface area contributed by atoms with E-state index in [0.29, 0.717) is 12.2 Å². The SMILES string of the molecule is CC1OC1CCCCl. The highest BCUT2D eigenvalue weighted by Crippen LogP contribution is 2.25. The van der Waals surface area contributed by atoms with Crippen LogP contribution in [0.3, 0.4) is 0 Å². The Morgan fingerprint density at radius 3 is 2.62 bits per heavy atom. The average Bonchev–Trinajstić information content (AvgIpc) is 2.42. The first kappa shape index (κ1) is 6.37. The highest BCUT2D eigenvalue weighted by Gasteiger charge is 2.32. The van der Waals surface area contributed by atoms with Crippen LogP contribution in [0.2, 0.25) is 0 Å². The predicted molar refractivity (Wildman–Crippen MR) is 34.3 cm³/mol. The van der Waals surface area contributed by atoms with E-state index in [1.54, 1.807) is 0 Å². The third-order valence-corrected chi connectivity index (χ3v) is 1.73. The van der Waals surface area contributed by atoms with Gasteiger partial charge in [0.25, 0.3) is 0 Å². The van der Waals surface area contributed by atoms with Crippen LogP contribution in [0.15, 0.2) is 0 Å². The summed E-state index contributed by atoms with van der Waals surface area (Å²) in [7, 11) is 0. The average molecular weight is 135 g/mol. The lowest BCUT2D eigenvalue weighted by Gasteiger charge is -1.86. The molecule has 2 unspecified atom stereocenters. The van der Waals surface area contributed by atoms with Crippen LogP contribution in [-0.4, -0.2) is 18.1 Å². The Balaban J connectivity index is 1.89. The van der Waals surface area contributed by atoms with Gasteiger partial charge in [-0.25, -0.2) is 0 Å². The van der Waals surface area contributed by atoms with Gasteiger partial charge in [-0.2, -0.15) is 0 Å². The first-order chi connectivity index (χ1) is 3.84. The molecule has 48 valence electrons. The Hall–Kier alpha value is 0.250. The van der Waals surface area contributed by atoms with Crippen molar-refractivity contribution < 1.29 is 4.74 Å². The number of hydrogen-bond acceptors (Lipinski definition) is 1. The van der Waals surface area contributed by atoms with E-state index in [0.717, 1.165) is 18.7 Å². The van der Waals surface area contributed by atoms with Crippen molar-refractivity contribution in [2.45, 2.75) is 32.0 Å². The minimum absolute atomic E-state index is 0.512. The molecule has 1 saturated heterocycles. The van der Waals surface area contributed by atoms with Gasteiger partial charge in [-0.05, 0) is 19.8 Å². The second kappa shape index (κ2) is 2.70. The molecule has 0 aromatic carbocycles. The molecule has 0 amide bonds. The molecule has 0 saturated carbocycles. The molecule has 0 aromatic heterocycles. The zero-order chi connectivity index (χ0) is 5.98. The molecule has 1 fully saturated rings. The zero-order valence-electron chi connectivity index (χ0n) is 5.06. The van der Waals surface area contributed by atoms with E-state index in [2.05, 4.69) is 6.92 Å². The maximum atomic E-state index is 5.47. The highest BCUT2D eigenvalue weighted by atomic mass is 35.5. The predicted octanol–water partition coefficient (Wildman–Crippen LogP) is 1.79. The summed E-state index contributed by atoms with van der Waals surface area (Å²) in [5, 5.41) is 0. The van der Waals surface area contributed by atoms with E-state index < -0.39 is 0 Å². The van der Waals surface area contributed by atoms with E-state index in [9.17, 15) is 0 Å². The topological polar surface area (TPSA) is 12.5 Å². The smallest absolute Gasteiger partial charge is 0.0839 e. The monoisotopic (exact) mass is 134 g/mol. The fourth-order valence-electron chi connectivity index (χ4n) is 0.811. The molecule has 8 heavy (non-hydrogen) atoms. The Morgan fingerprint density at radius 2 is 2.25 bits per heavy atom. The van der Waals surface area contributed by atoms with E-state index in [4.69, 9.17) is 16.3 Å². The van der Waals surface area contributed by atoms with Crippen LogP contribution in [0.1, 0.15) is 19.8 Å². The Bertz CT molecular complexity index is 74.9. The lowest BCUT2D eigenvalue weighted by atomic mass is 10.2. The fraction of sp³-hybridized carbons (Fsp3) is 1.00. The number of ether oxygens (including phenoxy) is 1. The molecule has 1 rings (SSSR count). The molecule has 2 atom stereocenters. The number of alkyl halides is 1. The summed E-state index contributed by atoms with van der Waals surface area (Å²) in [5.74, 6) is 0.770. The molecule has 0 aromatic rings. The number of rotatable bonds is 3. The molecule has 1 nitrogen and oxygen atoms in total. The van der Waals surface area contributed by atoms with Gasteiger partial charge in [0.1, 0.15) is 0 Å². The summed E-state index contributed by atoms with van der Waals surface area (Å²) in [6, 6.07) is 0. The zero-order valence-corrected chi connectivity index (χ0v) is 5.82. The van der Waals surface area contributed by atoms with Gasteiger partial charge in [0, 0.05) is 5.88 Å². The lowest BCUT2D eigenvalue weighted by molar-refractivity contribution is 0.369. The minimum Gasteiger partial charge on any atom is -0.370 e. The van der Waals surface area contributed by atoms with Crippen LogP contribution in [0, 0.1) is 0 Å². The second-order valence-corrected chi connectivity index (χ2v) is 2.59. The third-order valence-electron chi connectivity index (χ3n) is 1.46. The number of epoxide rings is 1. The maximum Gasteiger partial charge on any atom is 0.0839 e. The van der Waals surface area contributed by atoms with Crippen molar-refractivity contribution in [1.82, 2.24) is 0 Å². The molecule has 1 aliphatic heterocycles. The van der Waals surface area contributed by atoms with E-state index in [-0.39, 0.29) is 0 Å². The van der Waals surface area contributed by atoms with Gasteiger partial charge < -0.3 is 4.74 Å². The normalized spacial score (nSPS) is 35.2. The summed E-state index contributed by atoms with van der Waals surface area (Å²) in [4.78, 5) is 0. The molecule has 0 bridgehead atoms. The van der Waals surface area contributed by atoms with Crippen molar-refractivity contribution >= 4 is 11.6 Å². The van der Waals surface area contributed by atoms with Gasteiger partial charge in [-0.15, -0.1) is 11.6 Å². The van der Waals surface area contributed by atoms with Crippen molar-refractivity contribution in [1.29, 1.82) is 0 Å². The maximum absolute atomic E-state index is 5.47. The van der Waals surface area contributed by atoms with Crippen molar-refractivity contribution in [3.05, 3.63) is 0 Å². The van der Waals surface area contributed by atoms with Crippen molar-refractivity contribution in [2.24, 2.45) is 0 Å². The van der Waals surface area contributed by atoms with Gasteiger partial charge >= 0.3 is 0 Å². The Labute approximate surface area is 55.0 Å². The summed E-state index contributed by atoms with van der Waals surface area (Å²) >= 11 is 5.47. The van der Waals surface area contributed by atoms with Crippen LogP contribution >= 0.6 is 11.6 Å². The number of hydrogen-bond donors (Lipinski definition) is 0. The van der Waals surface area contributed by atoms with Gasteiger partial charge in [0.15, 0.2) is 0 Å². The molecular formula is C6H11ClO. The largest absolute Gasteiger partial charge is 0.370 e. The van der Waals surface area contributed by atoms with Crippen LogP contribution < -0.4 is 0 Å². The lowest BCUT2D eigenvalue weighted by Crippen LogP contribution is -1.88. The van der Waals surface area contributed by atoms with E-state index in [1.807, 2.05) is 0 Å². The molecule has 0 radical (unpaired) electrons. The van der Waals surface area contributed by atoms with Crippen LogP contribution in [-0.2, 0) is 4.74 Å². The Kier molecular flexibility index (Phi) is 2.15. The van der Waals surface area contributed by atoms with Crippen LogP contribution in [0.5, 0.6) is 0 Å². The molecule has 0 spiro atoms. The van der Waals surface area contributed by atoms with Gasteiger partial charge in [0.05, 0.1) is 12.2 Å². The van der Waals surface area contributed by atoms with Crippen LogP contribution in [0.4, 0.5) is 0 Å². The second-order valence-electron chi connectivity index (χ2n) is 2.21. The molecular weight excluding hydrogens is 124 g/mol.